The summed E-state index contributed by atoms with van der Waals surface area (Å²) in [7, 11) is 1.40. The number of hydrogen-bond donors (Lipinski definition) is 1. The van der Waals surface area contributed by atoms with E-state index in [0.29, 0.717) is 30.3 Å². The molecule has 0 amide bonds. The lowest BCUT2D eigenvalue weighted by Crippen LogP contribution is -2.37. The Labute approximate surface area is 354 Å². The Morgan fingerprint density at radius 2 is 0.931 bits per heavy atom. The van der Waals surface area contributed by atoms with Crippen LogP contribution in [0.2, 0.25) is 0 Å². The van der Waals surface area contributed by atoms with Crippen LogP contribution in [0.5, 0.6) is 0 Å². The van der Waals surface area contributed by atoms with Crippen molar-refractivity contribution in [3.8, 4) is 0 Å². The van der Waals surface area contributed by atoms with E-state index in [1.54, 1.807) is 0 Å². The fourth-order valence-corrected chi connectivity index (χ4v) is 6.11. The van der Waals surface area contributed by atoms with E-state index < -0.39 is 32.5 Å². The average Bonchev–Trinajstić information content (AvgIpc) is 3.17. The zero-order valence-electron chi connectivity index (χ0n) is 37.2. The lowest BCUT2D eigenvalue weighted by Gasteiger charge is -2.24. The van der Waals surface area contributed by atoms with Crippen LogP contribution in [0.4, 0.5) is 0 Å². The second-order valence-electron chi connectivity index (χ2n) is 15.7. The molecule has 58 heavy (non-hydrogen) atoms. The van der Waals surface area contributed by atoms with Crippen LogP contribution in [-0.2, 0) is 32.7 Å². The molecule has 0 heterocycles. The van der Waals surface area contributed by atoms with Gasteiger partial charge in [0.15, 0.2) is 6.10 Å². The van der Waals surface area contributed by atoms with Crippen molar-refractivity contribution in [1.29, 1.82) is 0 Å². The maximum Gasteiger partial charge on any atom is 0.472 e. The minimum absolute atomic E-state index is 0.00975. The Bertz CT molecular complexity index is 1260. The molecular weight excluding hydrogens is 750 g/mol. The number of carbonyl (C=O) groups is 2. The van der Waals surface area contributed by atoms with Crippen molar-refractivity contribution >= 4 is 19.8 Å². The molecule has 2 atom stereocenters. The quantitative estimate of drug-likeness (QED) is 0.0214. The van der Waals surface area contributed by atoms with Gasteiger partial charge < -0.3 is 18.9 Å². The predicted molar refractivity (Wildman–Crippen MR) is 242 cm³/mol. The molecule has 0 saturated carbocycles. The third kappa shape index (κ3) is 42.8. The van der Waals surface area contributed by atoms with E-state index in [-0.39, 0.29) is 26.1 Å². The number of esters is 2. The number of rotatable bonds is 39. The highest BCUT2D eigenvalue weighted by molar-refractivity contribution is 7.47. The monoisotopic (exact) mass is 833 g/mol. The minimum atomic E-state index is -4.41. The maximum absolute atomic E-state index is 12.7. The molecule has 0 radical (unpaired) electrons. The molecule has 0 saturated heterocycles. The Morgan fingerprint density at radius 3 is 1.41 bits per heavy atom. The Morgan fingerprint density at radius 1 is 0.534 bits per heavy atom. The highest BCUT2D eigenvalue weighted by atomic mass is 31.2. The van der Waals surface area contributed by atoms with E-state index >= 15 is 0 Å². The van der Waals surface area contributed by atoms with Crippen molar-refractivity contribution in [2.24, 2.45) is 0 Å². The molecular formula is C48H83NO8P+. The molecule has 0 aliphatic heterocycles. The number of ether oxygens (including phenoxy) is 2. The van der Waals surface area contributed by atoms with Crippen LogP contribution in [0, 0.1) is 0 Å². The second-order valence-corrected chi connectivity index (χ2v) is 17.2. The first kappa shape index (κ1) is 55.2. The third-order valence-electron chi connectivity index (χ3n) is 8.90. The fourth-order valence-electron chi connectivity index (χ4n) is 5.37. The van der Waals surface area contributed by atoms with Gasteiger partial charge in [0, 0.05) is 12.8 Å². The molecule has 9 nitrogen and oxygen atoms in total. The summed E-state index contributed by atoms with van der Waals surface area (Å²) in [6, 6.07) is 0. The summed E-state index contributed by atoms with van der Waals surface area (Å²) in [5, 5.41) is 0. The molecule has 0 aromatic carbocycles. The van der Waals surface area contributed by atoms with E-state index in [4.69, 9.17) is 18.5 Å². The molecule has 0 aromatic rings. The van der Waals surface area contributed by atoms with Crippen LogP contribution in [-0.4, -0.2) is 74.9 Å². The zero-order chi connectivity index (χ0) is 42.8. The molecule has 1 unspecified atom stereocenters. The summed E-state index contributed by atoms with van der Waals surface area (Å²) in [5.41, 5.74) is 0. The van der Waals surface area contributed by atoms with Crippen LogP contribution in [0.15, 0.2) is 85.1 Å². The van der Waals surface area contributed by atoms with Crippen molar-refractivity contribution in [2.75, 3.05) is 47.5 Å². The van der Waals surface area contributed by atoms with Crippen molar-refractivity contribution in [1.82, 2.24) is 0 Å². The number of allylic oxidation sites excluding steroid dienone is 14. The standard InChI is InChI=1S/C48H82NO8P/c1-6-8-10-12-14-16-18-20-22-24-26-28-30-32-34-36-38-40-47(50)54-44-46(45-56-58(52,53)55-43-42-49(3,4)5)57-48(51)41-39-37-35-33-31-29-27-25-23-21-19-17-15-13-11-9-7-2/h14,16,20-23,26-29,32-35,46H,6-13,15,17-19,24-25,30-31,36-45H2,1-5H3/p+1/b16-14+,22-20+,23-21+,28-26+,29-27+,34-32+,35-33+/t46-/m1/s1. The van der Waals surface area contributed by atoms with Crippen LogP contribution in [0.1, 0.15) is 155 Å². The van der Waals surface area contributed by atoms with Crippen molar-refractivity contribution in [3.63, 3.8) is 0 Å². The van der Waals surface area contributed by atoms with E-state index in [1.165, 1.54) is 64.2 Å². The summed E-state index contributed by atoms with van der Waals surface area (Å²) < 4.78 is 34.2. The second kappa shape index (κ2) is 39.6. The van der Waals surface area contributed by atoms with Gasteiger partial charge in [0.2, 0.25) is 0 Å². The van der Waals surface area contributed by atoms with Crippen LogP contribution in [0.25, 0.3) is 0 Å². The largest absolute Gasteiger partial charge is 0.472 e. The van der Waals surface area contributed by atoms with E-state index in [1.807, 2.05) is 27.2 Å². The molecule has 0 aromatic heterocycles. The number of likely N-dealkylation sites (N-methyl/N-ethyl adjacent to an activating group) is 1. The molecule has 0 rings (SSSR count). The van der Waals surface area contributed by atoms with Crippen molar-refractivity contribution < 1.29 is 42.1 Å². The summed E-state index contributed by atoms with van der Waals surface area (Å²) in [4.78, 5) is 35.3. The summed E-state index contributed by atoms with van der Waals surface area (Å²) in [6.45, 7) is 4.24. The molecule has 1 N–H and O–H groups in total. The Kier molecular flexibility index (Phi) is 37.7. The van der Waals surface area contributed by atoms with Gasteiger partial charge in [-0.05, 0) is 83.5 Å². The number of phosphoric ester groups is 1. The summed E-state index contributed by atoms with van der Waals surface area (Å²) >= 11 is 0. The highest BCUT2D eigenvalue weighted by Gasteiger charge is 2.27. The predicted octanol–water partition coefficient (Wildman–Crippen LogP) is 12.8. The Hall–Kier alpha value is -2.81. The van der Waals surface area contributed by atoms with Gasteiger partial charge in [-0.25, -0.2) is 4.57 Å². The first-order valence-corrected chi connectivity index (χ1v) is 23.8. The minimum Gasteiger partial charge on any atom is -0.462 e. The molecule has 332 valence electrons. The maximum atomic E-state index is 12.7. The van der Waals surface area contributed by atoms with Gasteiger partial charge in [-0.2, -0.15) is 0 Å². The molecule has 0 fully saturated rings. The lowest BCUT2D eigenvalue weighted by molar-refractivity contribution is -0.870. The average molecular weight is 833 g/mol. The molecule has 0 spiro atoms. The lowest BCUT2D eigenvalue weighted by atomic mass is 10.1. The first-order valence-electron chi connectivity index (χ1n) is 22.3. The number of unbranched alkanes of at least 4 members (excludes halogenated alkanes) is 11. The highest BCUT2D eigenvalue weighted by Crippen LogP contribution is 2.43. The smallest absolute Gasteiger partial charge is 0.462 e. The number of phosphoric acid groups is 1. The van der Waals surface area contributed by atoms with Crippen molar-refractivity contribution in [3.05, 3.63) is 85.1 Å². The van der Waals surface area contributed by atoms with Gasteiger partial charge in [-0.15, -0.1) is 0 Å². The van der Waals surface area contributed by atoms with E-state index in [2.05, 4.69) is 92.8 Å². The van der Waals surface area contributed by atoms with Gasteiger partial charge in [0.05, 0.1) is 27.7 Å². The Balaban J connectivity index is 4.55. The summed E-state index contributed by atoms with van der Waals surface area (Å²) in [5.74, 6) is -0.934. The number of nitrogens with zero attached hydrogens (tertiary/aromatic N) is 1. The molecule has 0 aliphatic carbocycles. The van der Waals surface area contributed by atoms with Gasteiger partial charge in [0.25, 0.3) is 0 Å². The van der Waals surface area contributed by atoms with Crippen LogP contribution in [0.3, 0.4) is 0 Å². The van der Waals surface area contributed by atoms with Gasteiger partial charge >= 0.3 is 19.8 Å². The van der Waals surface area contributed by atoms with Gasteiger partial charge in [0.1, 0.15) is 19.8 Å². The van der Waals surface area contributed by atoms with Crippen molar-refractivity contribution in [2.45, 2.75) is 161 Å². The normalized spacial score (nSPS) is 14.4. The van der Waals surface area contributed by atoms with Gasteiger partial charge in [-0.1, -0.05) is 144 Å². The van der Waals surface area contributed by atoms with Crippen LogP contribution < -0.4 is 0 Å². The first-order chi connectivity index (χ1) is 28.0. The summed E-state index contributed by atoms with van der Waals surface area (Å²) in [6.07, 6.45) is 50.8. The molecule has 10 heteroatoms. The fraction of sp³-hybridized carbons (Fsp3) is 0.667. The van der Waals surface area contributed by atoms with Gasteiger partial charge in [-0.3, -0.25) is 18.6 Å². The number of carbonyl (C=O) groups excluding carboxylic acids is 2. The SMILES string of the molecule is CCCCC/C=C/C/C=C/C/C=C/C/C=C/CCCC(=O)OC[C@H](COP(=O)(O)OCC[N+](C)(C)C)OC(=O)CCC/C=C/C/C=C/C/C=C/CCCCCCCC. The molecule has 0 aliphatic rings. The zero-order valence-corrected chi connectivity index (χ0v) is 38.1. The van der Waals surface area contributed by atoms with E-state index in [0.717, 1.165) is 44.9 Å². The van der Waals surface area contributed by atoms with E-state index in [9.17, 15) is 19.0 Å². The number of quaternary nitrogens is 1. The molecule has 0 bridgehead atoms. The third-order valence-corrected chi connectivity index (χ3v) is 9.88. The topological polar surface area (TPSA) is 108 Å². The number of hydrogen-bond acceptors (Lipinski definition) is 7. The van der Waals surface area contributed by atoms with Crippen LogP contribution >= 0.6 is 7.82 Å².